The summed E-state index contributed by atoms with van der Waals surface area (Å²) < 4.78 is 5.44. The van der Waals surface area contributed by atoms with Crippen molar-refractivity contribution in [3.8, 4) is 0 Å². The van der Waals surface area contributed by atoms with Gasteiger partial charge in [-0.15, -0.1) is 0 Å². The largest absolute Gasteiger partial charge is 0.465 e. The van der Waals surface area contributed by atoms with Gasteiger partial charge in [0.05, 0.1) is 12.0 Å². The molecule has 0 radical (unpaired) electrons. The van der Waals surface area contributed by atoms with Crippen LogP contribution in [0.3, 0.4) is 0 Å². The number of hydrogen-bond donors (Lipinski definition) is 0. The van der Waals surface area contributed by atoms with Crippen LogP contribution in [0.1, 0.15) is 111 Å². The Morgan fingerprint density at radius 2 is 1.18 bits per heavy atom. The third kappa shape index (κ3) is 12.1. The molecular formula is C20H40O2. The molecule has 0 atom stereocenters. The Balaban J connectivity index is 3.40. The first-order valence-corrected chi connectivity index (χ1v) is 9.71. The molecule has 0 rings (SSSR count). The molecule has 0 amide bonds. The van der Waals surface area contributed by atoms with E-state index in [9.17, 15) is 4.79 Å². The SMILES string of the molecule is CCCCCCCCCCCCOC(=O)C(C)(C)CCCC. The number of rotatable bonds is 15. The van der Waals surface area contributed by atoms with Crippen LogP contribution < -0.4 is 0 Å². The van der Waals surface area contributed by atoms with Crippen LogP contribution in [0.4, 0.5) is 0 Å². The van der Waals surface area contributed by atoms with Crippen LogP contribution in [-0.4, -0.2) is 12.6 Å². The first-order chi connectivity index (χ1) is 10.5. The summed E-state index contributed by atoms with van der Waals surface area (Å²) in [5, 5.41) is 0. The highest BCUT2D eigenvalue weighted by molar-refractivity contribution is 5.75. The van der Waals surface area contributed by atoms with Gasteiger partial charge in [0.2, 0.25) is 0 Å². The smallest absolute Gasteiger partial charge is 0.311 e. The van der Waals surface area contributed by atoms with E-state index in [1.807, 2.05) is 13.8 Å². The van der Waals surface area contributed by atoms with E-state index in [4.69, 9.17) is 4.74 Å². The van der Waals surface area contributed by atoms with Crippen molar-refractivity contribution >= 4 is 5.97 Å². The Kier molecular flexibility index (Phi) is 13.7. The van der Waals surface area contributed by atoms with Crippen LogP contribution in [0.2, 0.25) is 0 Å². The van der Waals surface area contributed by atoms with E-state index in [-0.39, 0.29) is 11.4 Å². The third-order valence-electron chi connectivity index (χ3n) is 4.44. The van der Waals surface area contributed by atoms with Crippen LogP contribution in [-0.2, 0) is 9.53 Å². The molecule has 22 heavy (non-hydrogen) atoms. The van der Waals surface area contributed by atoms with Gasteiger partial charge in [0.15, 0.2) is 0 Å². The molecule has 0 unspecified atom stereocenters. The second-order valence-electron chi connectivity index (χ2n) is 7.31. The fraction of sp³-hybridized carbons (Fsp3) is 0.950. The molecule has 0 spiro atoms. The van der Waals surface area contributed by atoms with Gasteiger partial charge in [-0.3, -0.25) is 4.79 Å². The zero-order valence-electron chi connectivity index (χ0n) is 15.7. The van der Waals surface area contributed by atoms with Gasteiger partial charge in [0.25, 0.3) is 0 Å². The number of esters is 1. The normalized spacial score (nSPS) is 11.6. The minimum absolute atomic E-state index is 0.0168. The van der Waals surface area contributed by atoms with Crippen molar-refractivity contribution in [2.75, 3.05) is 6.61 Å². The van der Waals surface area contributed by atoms with E-state index < -0.39 is 0 Å². The summed E-state index contributed by atoms with van der Waals surface area (Å²) in [6, 6.07) is 0. The summed E-state index contributed by atoms with van der Waals surface area (Å²) in [6.07, 6.45) is 16.3. The lowest BCUT2D eigenvalue weighted by atomic mass is 9.87. The number of unbranched alkanes of at least 4 members (excludes halogenated alkanes) is 10. The number of carbonyl (C=O) groups excluding carboxylic acids is 1. The Morgan fingerprint density at radius 3 is 1.68 bits per heavy atom. The van der Waals surface area contributed by atoms with Gasteiger partial charge in [-0.05, 0) is 26.7 Å². The van der Waals surface area contributed by atoms with Gasteiger partial charge in [-0.2, -0.15) is 0 Å². The van der Waals surface area contributed by atoms with Crippen molar-refractivity contribution in [1.29, 1.82) is 0 Å². The van der Waals surface area contributed by atoms with E-state index in [1.165, 1.54) is 57.8 Å². The molecule has 0 bridgehead atoms. The molecule has 0 aliphatic rings. The van der Waals surface area contributed by atoms with Crippen molar-refractivity contribution in [1.82, 2.24) is 0 Å². The average molecular weight is 313 g/mol. The third-order valence-corrected chi connectivity index (χ3v) is 4.44. The fourth-order valence-corrected chi connectivity index (χ4v) is 2.67. The van der Waals surface area contributed by atoms with Crippen molar-refractivity contribution in [3.05, 3.63) is 0 Å². The van der Waals surface area contributed by atoms with Gasteiger partial charge in [0, 0.05) is 0 Å². The molecular weight excluding hydrogens is 272 g/mol. The maximum atomic E-state index is 12.0. The van der Waals surface area contributed by atoms with Gasteiger partial charge in [-0.25, -0.2) is 0 Å². The molecule has 2 nitrogen and oxygen atoms in total. The maximum Gasteiger partial charge on any atom is 0.311 e. The predicted octanol–water partition coefficient (Wildman–Crippen LogP) is 6.67. The summed E-state index contributed by atoms with van der Waals surface area (Å²) in [5.41, 5.74) is -0.311. The van der Waals surface area contributed by atoms with Gasteiger partial charge in [0.1, 0.15) is 0 Å². The topological polar surface area (TPSA) is 26.3 Å². The highest BCUT2D eigenvalue weighted by Crippen LogP contribution is 2.25. The van der Waals surface area contributed by atoms with Crippen molar-refractivity contribution in [2.45, 2.75) is 111 Å². The first kappa shape index (κ1) is 21.5. The Labute approximate surface area is 139 Å². The van der Waals surface area contributed by atoms with E-state index in [1.54, 1.807) is 0 Å². The Bertz CT molecular complexity index is 258. The quantitative estimate of drug-likeness (QED) is 0.249. The standard InChI is InChI=1S/C20H40O2/c1-5-7-9-10-11-12-13-14-15-16-18-22-19(21)20(3,4)17-8-6-2/h5-18H2,1-4H3. The zero-order chi connectivity index (χ0) is 16.7. The van der Waals surface area contributed by atoms with Crippen LogP contribution in [0.25, 0.3) is 0 Å². The minimum atomic E-state index is -0.311. The average Bonchev–Trinajstić information content (AvgIpc) is 2.50. The van der Waals surface area contributed by atoms with Gasteiger partial charge in [-0.1, -0.05) is 84.5 Å². The van der Waals surface area contributed by atoms with Crippen LogP contribution in [0.5, 0.6) is 0 Å². The molecule has 132 valence electrons. The second-order valence-corrected chi connectivity index (χ2v) is 7.31. The van der Waals surface area contributed by atoms with E-state index in [0.717, 1.165) is 25.7 Å². The predicted molar refractivity (Wildman–Crippen MR) is 96.1 cm³/mol. The zero-order valence-corrected chi connectivity index (χ0v) is 15.7. The lowest BCUT2D eigenvalue weighted by molar-refractivity contribution is -0.154. The van der Waals surface area contributed by atoms with Crippen LogP contribution in [0, 0.1) is 5.41 Å². The highest BCUT2D eigenvalue weighted by atomic mass is 16.5. The van der Waals surface area contributed by atoms with Crippen LogP contribution in [0.15, 0.2) is 0 Å². The number of carbonyl (C=O) groups is 1. The van der Waals surface area contributed by atoms with Gasteiger partial charge < -0.3 is 4.74 Å². The van der Waals surface area contributed by atoms with E-state index in [2.05, 4.69) is 13.8 Å². The van der Waals surface area contributed by atoms with E-state index in [0.29, 0.717) is 6.61 Å². The fourth-order valence-electron chi connectivity index (χ4n) is 2.67. The monoisotopic (exact) mass is 312 g/mol. The van der Waals surface area contributed by atoms with Gasteiger partial charge >= 0.3 is 5.97 Å². The molecule has 0 aromatic carbocycles. The number of ether oxygens (including phenoxy) is 1. The van der Waals surface area contributed by atoms with Crippen molar-refractivity contribution in [2.24, 2.45) is 5.41 Å². The lowest BCUT2D eigenvalue weighted by Gasteiger charge is -2.22. The summed E-state index contributed by atoms with van der Waals surface area (Å²) in [4.78, 5) is 12.0. The molecule has 0 aromatic rings. The Hall–Kier alpha value is -0.530. The first-order valence-electron chi connectivity index (χ1n) is 9.71. The molecule has 0 fully saturated rings. The van der Waals surface area contributed by atoms with Crippen LogP contribution >= 0.6 is 0 Å². The Morgan fingerprint density at radius 1 is 0.727 bits per heavy atom. The molecule has 0 saturated heterocycles. The minimum Gasteiger partial charge on any atom is -0.465 e. The molecule has 0 aliphatic carbocycles. The maximum absolute atomic E-state index is 12.0. The summed E-state index contributed by atoms with van der Waals surface area (Å²) >= 11 is 0. The summed E-state index contributed by atoms with van der Waals surface area (Å²) in [6.45, 7) is 9.03. The van der Waals surface area contributed by atoms with Crippen molar-refractivity contribution < 1.29 is 9.53 Å². The molecule has 0 heterocycles. The second kappa shape index (κ2) is 14.1. The summed E-state index contributed by atoms with van der Waals surface area (Å²) in [7, 11) is 0. The molecule has 0 saturated carbocycles. The van der Waals surface area contributed by atoms with Crippen molar-refractivity contribution in [3.63, 3.8) is 0 Å². The van der Waals surface area contributed by atoms with E-state index >= 15 is 0 Å². The number of hydrogen-bond acceptors (Lipinski definition) is 2. The molecule has 0 aromatic heterocycles. The lowest BCUT2D eigenvalue weighted by Crippen LogP contribution is -2.26. The molecule has 0 N–H and O–H groups in total. The highest BCUT2D eigenvalue weighted by Gasteiger charge is 2.28. The molecule has 0 aliphatic heterocycles. The summed E-state index contributed by atoms with van der Waals surface area (Å²) in [5.74, 6) is -0.0168. The molecule has 2 heteroatoms.